The number of alkyl halides is 3. The number of nitrogens with zero attached hydrogens (tertiary/aromatic N) is 2. The van der Waals surface area contributed by atoms with Crippen molar-refractivity contribution in [2.75, 3.05) is 19.8 Å². The maximum Gasteiger partial charge on any atom is 0.435 e. The Hall–Kier alpha value is -2.39. The van der Waals surface area contributed by atoms with Crippen molar-refractivity contribution in [2.24, 2.45) is 11.1 Å². The fraction of sp³-hybridized carbons (Fsp3) is 0.444. The number of ether oxygens (including phenoxy) is 1. The minimum Gasteiger partial charge on any atom is -0.381 e. The Bertz CT molecular complexity index is 781. The van der Waals surface area contributed by atoms with E-state index in [0.717, 1.165) is 16.3 Å². The lowest BCUT2D eigenvalue weighted by Crippen LogP contribution is -2.48. The highest BCUT2D eigenvalue weighted by atomic mass is 19.4. The van der Waals surface area contributed by atoms with Crippen molar-refractivity contribution in [2.45, 2.75) is 25.6 Å². The number of halogens is 3. The topological polar surface area (TPSA) is 82.2 Å². The number of rotatable bonds is 5. The van der Waals surface area contributed by atoms with Gasteiger partial charge in [0, 0.05) is 32.5 Å². The van der Waals surface area contributed by atoms with E-state index in [9.17, 15) is 18.0 Å². The van der Waals surface area contributed by atoms with E-state index >= 15 is 0 Å². The summed E-state index contributed by atoms with van der Waals surface area (Å²) in [4.78, 5) is 12.5. The molecule has 0 saturated carbocycles. The van der Waals surface area contributed by atoms with Crippen LogP contribution in [0, 0.1) is 5.41 Å². The fourth-order valence-electron chi connectivity index (χ4n) is 3.04. The average Bonchev–Trinajstić information content (AvgIpc) is 3.18. The van der Waals surface area contributed by atoms with Crippen LogP contribution in [0.4, 0.5) is 13.2 Å². The van der Waals surface area contributed by atoms with Gasteiger partial charge in [-0.05, 0) is 36.6 Å². The number of benzene rings is 1. The Labute approximate surface area is 154 Å². The largest absolute Gasteiger partial charge is 0.435 e. The van der Waals surface area contributed by atoms with Crippen LogP contribution in [0.15, 0.2) is 36.5 Å². The molecule has 9 heteroatoms. The van der Waals surface area contributed by atoms with Gasteiger partial charge in [0.15, 0.2) is 5.69 Å². The van der Waals surface area contributed by atoms with E-state index < -0.39 is 17.3 Å². The molecule has 2 heterocycles. The molecule has 0 bridgehead atoms. The summed E-state index contributed by atoms with van der Waals surface area (Å²) in [5.74, 6) is -0.0979. The number of carbonyl (C=O) groups excluding carboxylic acids is 1. The maximum absolute atomic E-state index is 12.6. The van der Waals surface area contributed by atoms with Crippen LogP contribution in [0.2, 0.25) is 0 Å². The SMILES string of the molecule is NCC1(C(=O)NCc2ccc(-n3ccc(C(F)(F)F)n3)cc2)CCOCC1. The van der Waals surface area contributed by atoms with Gasteiger partial charge in [-0.2, -0.15) is 18.3 Å². The summed E-state index contributed by atoms with van der Waals surface area (Å²) in [6, 6.07) is 7.71. The van der Waals surface area contributed by atoms with E-state index in [1.807, 2.05) is 0 Å². The number of hydrogen-bond acceptors (Lipinski definition) is 4. The van der Waals surface area contributed by atoms with E-state index in [2.05, 4.69) is 10.4 Å². The monoisotopic (exact) mass is 382 g/mol. The van der Waals surface area contributed by atoms with E-state index in [4.69, 9.17) is 10.5 Å². The van der Waals surface area contributed by atoms with Crippen LogP contribution in [0.1, 0.15) is 24.1 Å². The molecule has 0 radical (unpaired) electrons. The Morgan fingerprint density at radius 1 is 1.22 bits per heavy atom. The van der Waals surface area contributed by atoms with Crippen molar-refractivity contribution in [3.05, 3.63) is 47.8 Å². The Morgan fingerprint density at radius 2 is 1.89 bits per heavy atom. The van der Waals surface area contributed by atoms with Crippen LogP contribution in [-0.2, 0) is 22.3 Å². The van der Waals surface area contributed by atoms with Crippen LogP contribution < -0.4 is 11.1 Å². The third-order valence-electron chi connectivity index (χ3n) is 4.86. The molecule has 27 heavy (non-hydrogen) atoms. The highest BCUT2D eigenvalue weighted by Gasteiger charge is 2.38. The molecule has 1 aliphatic rings. The minimum absolute atomic E-state index is 0.0979. The van der Waals surface area contributed by atoms with Crippen molar-refractivity contribution < 1.29 is 22.7 Å². The number of amides is 1. The third kappa shape index (κ3) is 4.30. The number of nitrogens with one attached hydrogen (secondary N) is 1. The Balaban J connectivity index is 1.62. The quantitative estimate of drug-likeness (QED) is 0.831. The minimum atomic E-state index is -4.47. The lowest BCUT2D eigenvalue weighted by atomic mass is 9.79. The predicted octanol–water partition coefficient (Wildman–Crippen LogP) is 2.26. The van der Waals surface area contributed by atoms with Crippen molar-refractivity contribution in [1.82, 2.24) is 15.1 Å². The van der Waals surface area contributed by atoms with Gasteiger partial charge in [0.25, 0.3) is 0 Å². The van der Waals surface area contributed by atoms with Crippen LogP contribution in [0.5, 0.6) is 0 Å². The van der Waals surface area contributed by atoms with E-state index in [0.29, 0.717) is 38.3 Å². The summed E-state index contributed by atoms with van der Waals surface area (Å²) < 4.78 is 44.4. The van der Waals surface area contributed by atoms with Gasteiger partial charge in [-0.1, -0.05) is 12.1 Å². The van der Waals surface area contributed by atoms with Gasteiger partial charge in [-0.3, -0.25) is 4.79 Å². The second-order valence-electron chi connectivity index (χ2n) is 6.59. The molecular weight excluding hydrogens is 361 g/mol. The van der Waals surface area contributed by atoms with Crippen LogP contribution in [0.3, 0.4) is 0 Å². The highest BCUT2D eigenvalue weighted by Crippen LogP contribution is 2.30. The van der Waals surface area contributed by atoms with Crippen LogP contribution >= 0.6 is 0 Å². The summed E-state index contributed by atoms with van der Waals surface area (Å²) in [6.45, 7) is 1.61. The summed E-state index contributed by atoms with van der Waals surface area (Å²) in [5, 5.41) is 6.43. The molecule has 0 spiro atoms. The molecule has 3 N–H and O–H groups in total. The first-order chi connectivity index (χ1) is 12.8. The molecule has 0 atom stereocenters. The van der Waals surface area contributed by atoms with Crippen molar-refractivity contribution >= 4 is 5.91 Å². The van der Waals surface area contributed by atoms with E-state index in [1.54, 1.807) is 24.3 Å². The number of hydrogen-bond donors (Lipinski definition) is 2. The van der Waals surface area contributed by atoms with Gasteiger partial charge in [0.05, 0.1) is 11.1 Å². The van der Waals surface area contributed by atoms with E-state index in [-0.39, 0.29) is 12.5 Å². The molecule has 1 aromatic carbocycles. The van der Waals surface area contributed by atoms with Crippen LogP contribution in [0.25, 0.3) is 5.69 Å². The Morgan fingerprint density at radius 3 is 2.44 bits per heavy atom. The van der Waals surface area contributed by atoms with Gasteiger partial charge < -0.3 is 15.8 Å². The zero-order chi connectivity index (χ0) is 19.5. The zero-order valence-electron chi connectivity index (χ0n) is 14.6. The Kier molecular flexibility index (Phi) is 5.52. The molecule has 3 rings (SSSR count). The smallest absolute Gasteiger partial charge is 0.381 e. The first kappa shape index (κ1) is 19.4. The fourth-order valence-corrected chi connectivity index (χ4v) is 3.04. The first-order valence-electron chi connectivity index (χ1n) is 8.62. The molecule has 146 valence electrons. The molecule has 1 saturated heterocycles. The van der Waals surface area contributed by atoms with Gasteiger partial charge in [0.1, 0.15) is 0 Å². The molecule has 1 aromatic heterocycles. The zero-order valence-corrected chi connectivity index (χ0v) is 14.6. The first-order valence-corrected chi connectivity index (χ1v) is 8.62. The lowest BCUT2D eigenvalue weighted by Gasteiger charge is -2.34. The number of nitrogens with two attached hydrogens (primary N) is 1. The average molecular weight is 382 g/mol. The molecule has 0 unspecified atom stereocenters. The van der Waals surface area contributed by atoms with Gasteiger partial charge in [-0.25, -0.2) is 4.68 Å². The van der Waals surface area contributed by atoms with Gasteiger partial charge >= 0.3 is 6.18 Å². The second kappa shape index (κ2) is 7.69. The highest BCUT2D eigenvalue weighted by molar-refractivity contribution is 5.83. The summed E-state index contributed by atoms with van der Waals surface area (Å²) >= 11 is 0. The summed E-state index contributed by atoms with van der Waals surface area (Å²) in [6.07, 6.45) is -2.03. The molecule has 1 fully saturated rings. The van der Waals surface area contributed by atoms with Crippen LogP contribution in [-0.4, -0.2) is 35.4 Å². The van der Waals surface area contributed by atoms with Crippen molar-refractivity contribution in [1.29, 1.82) is 0 Å². The maximum atomic E-state index is 12.6. The van der Waals surface area contributed by atoms with Gasteiger partial charge in [0.2, 0.25) is 5.91 Å². The molecule has 1 aliphatic heterocycles. The molecular formula is C18H21F3N4O2. The molecule has 2 aromatic rings. The number of carbonyl (C=O) groups is 1. The van der Waals surface area contributed by atoms with Gasteiger partial charge in [-0.15, -0.1) is 0 Å². The molecule has 0 aliphatic carbocycles. The number of aromatic nitrogens is 2. The third-order valence-corrected chi connectivity index (χ3v) is 4.86. The van der Waals surface area contributed by atoms with Crippen molar-refractivity contribution in [3.63, 3.8) is 0 Å². The second-order valence-corrected chi connectivity index (χ2v) is 6.59. The predicted molar refractivity (Wildman–Crippen MR) is 92.0 cm³/mol. The van der Waals surface area contributed by atoms with E-state index in [1.165, 1.54) is 6.20 Å². The summed E-state index contributed by atoms with van der Waals surface area (Å²) in [7, 11) is 0. The molecule has 6 nitrogen and oxygen atoms in total. The standard InChI is InChI=1S/C18H21F3N4O2/c19-18(20,21)15-5-8-25(24-15)14-3-1-13(2-4-14)11-23-16(26)17(12-22)6-9-27-10-7-17/h1-5,8H,6-7,9-12,22H2,(H,23,26). The van der Waals surface area contributed by atoms with Crippen molar-refractivity contribution in [3.8, 4) is 5.69 Å². The normalized spacial score (nSPS) is 16.9. The molecule has 1 amide bonds. The summed E-state index contributed by atoms with van der Waals surface area (Å²) in [5.41, 5.74) is 5.61. The lowest BCUT2D eigenvalue weighted by molar-refractivity contribution is -0.141.